The van der Waals surface area contributed by atoms with Gasteiger partial charge in [-0.3, -0.25) is 16.0 Å². The van der Waals surface area contributed by atoms with Gasteiger partial charge >= 0.3 is 0 Å². The lowest BCUT2D eigenvalue weighted by molar-refractivity contribution is 0.0625. The van der Waals surface area contributed by atoms with Gasteiger partial charge in [-0.05, 0) is 25.3 Å². The van der Waals surface area contributed by atoms with Gasteiger partial charge in [-0.15, -0.1) is 0 Å². The van der Waals surface area contributed by atoms with Crippen LogP contribution in [-0.4, -0.2) is 29.0 Å². The second kappa shape index (κ2) is 6.62. The number of rotatable bonds is 7. The number of aryl methyl sites for hydroxylation is 2. The van der Waals surface area contributed by atoms with Gasteiger partial charge in [0.15, 0.2) is 0 Å². The molecule has 1 rings (SSSR count). The number of ether oxygens (including phenoxy) is 1. The summed E-state index contributed by atoms with van der Waals surface area (Å²) in [6, 6.07) is 2.21. The molecule has 0 amide bonds. The van der Waals surface area contributed by atoms with Crippen molar-refractivity contribution in [3.63, 3.8) is 0 Å². The van der Waals surface area contributed by atoms with Gasteiger partial charge in [-0.2, -0.15) is 5.10 Å². The van der Waals surface area contributed by atoms with Crippen LogP contribution in [0.3, 0.4) is 0 Å². The minimum absolute atomic E-state index is 0.165. The van der Waals surface area contributed by atoms with Gasteiger partial charge in [-0.25, -0.2) is 0 Å². The second-order valence-electron chi connectivity index (χ2n) is 3.94. The Morgan fingerprint density at radius 3 is 2.81 bits per heavy atom. The third kappa shape index (κ3) is 3.30. The Hall–Kier alpha value is -0.910. The number of hydrazine groups is 1. The first kappa shape index (κ1) is 13.2. The molecular weight excluding hydrogens is 204 g/mol. The molecular formula is C11H22N4O. The third-order valence-corrected chi connectivity index (χ3v) is 3.00. The second-order valence-corrected chi connectivity index (χ2v) is 3.94. The summed E-state index contributed by atoms with van der Waals surface area (Å²) in [5, 5.41) is 4.14. The highest BCUT2D eigenvalue weighted by Gasteiger charge is 2.18. The maximum atomic E-state index is 5.55. The van der Waals surface area contributed by atoms with Crippen molar-refractivity contribution in [2.24, 2.45) is 12.9 Å². The Balaban J connectivity index is 2.48. The lowest BCUT2D eigenvalue weighted by Gasteiger charge is -2.24. The van der Waals surface area contributed by atoms with E-state index in [9.17, 15) is 0 Å². The number of nitrogens with one attached hydrogen (secondary N) is 1. The molecule has 2 atom stereocenters. The first-order valence-electron chi connectivity index (χ1n) is 5.68. The van der Waals surface area contributed by atoms with Crippen LogP contribution in [0.2, 0.25) is 0 Å². The molecule has 92 valence electrons. The van der Waals surface area contributed by atoms with Crippen LogP contribution in [0.5, 0.6) is 0 Å². The number of nitrogens with two attached hydrogens (primary N) is 1. The molecule has 0 aliphatic heterocycles. The van der Waals surface area contributed by atoms with Crippen molar-refractivity contribution in [1.82, 2.24) is 15.2 Å². The molecule has 0 spiro atoms. The van der Waals surface area contributed by atoms with Crippen LogP contribution in [0.15, 0.2) is 12.3 Å². The molecule has 0 saturated heterocycles. The van der Waals surface area contributed by atoms with Crippen LogP contribution in [0.1, 0.15) is 25.5 Å². The molecule has 2 unspecified atom stereocenters. The molecule has 0 radical (unpaired) electrons. The van der Waals surface area contributed by atoms with Gasteiger partial charge in [0, 0.05) is 32.1 Å². The highest BCUT2D eigenvalue weighted by atomic mass is 16.5. The van der Waals surface area contributed by atoms with E-state index in [1.54, 1.807) is 7.11 Å². The average Bonchev–Trinajstić information content (AvgIpc) is 2.70. The molecule has 5 nitrogen and oxygen atoms in total. The van der Waals surface area contributed by atoms with Crippen molar-refractivity contribution < 1.29 is 4.74 Å². The summed E-state index contributed by atoms with van der Waals surface area (Å²) in [6.07, 6.45) is 4.83. The maximum Gasteiger partial charge on any atom is 0.0735 e. The topological polar surface area (TPSA) is 65.1 Å². The molecule has 0 fully saturated rings. The zero-order valence-corrected chi connectivity index (χ0v) is 10.3. The van der Waals surface area contributed by atoms with Gasteiger partial charge in [0.2, 0.25) is 0 Å². The predicted octanol–water partition coefficient (Wildman–Crippen LogP) is 0.610. The van der Waals surface area contributed by atoms with E-state index in [1.807, 2.05) is 24.0 Å². The van der Waals surface area contributed by atoms with E-state index in [4.69, 9.17) is 10.6 Å². The van der Waals surface area contributed by atoms with Crippen molar-refractivity contribution in [3.05, 3.63) is 18.0 Å². The third-order valence-electron chi connectivity index (χ3n) is 3.00. The summed E-state index contributed by atoms with van der Waals surface area (Å²) in [6.45, 7) is 2.10. The largest absolute Gasteiger partial charge is 0.380 e. The Morgan fingerprint density at radius 2 is 2.38 bits per heavy atom. The highest BCUT2D eigenvalue weighted by Crippen LogP contribution is 2.10. The van der Waals surface area contributed by atoms with Crippen LogP contribution >= 0.6 is 0 Å². The van der Waals surface area contributed by atoms with Crippen LogP contribution < -0.4 is 11.3 Å². The van der Waals surface area contributed by atoms with Crippen LogP contribution in [0, 0.1) is 0 Å². The van der Waals surface area contributed by atoms with E-state index in [0.29, 0.717) is 0 Å². The molecule has 5 heteroatoms. The Bertz CT molecular complexity index is 296. The standard InChI is InChI=1S/C11H22N4O/c1-4-11(16-3)10(14-12)6-5-9-7-8-13-15(9)2/h7-8,10-11,14H,4-6,12H2,1-3H3. The molecule has 3 N–H and O–H groups in total. The van der Waals surface area contributed by atoms with Gasteiger partial charge < -0.3 is 4.74 Å². The molecule has 0 bridgehead atoms. The number of hydrogen-bond acceptors (Lipinski definition) is 4. The van der Waals surface area contributed by atoms with Gasteiger partial charge in [0.1, 0.15) is 0 Å². The summed E-state index contributed by atoms with van der Waals surface area (Å²) in [5.41, 5.74) is 4.05. The zero-order chi connectivity index (χ0) is 12.0. The Kier molecular flexibility index (Phi) is 5.45. The fourth-order valence-electron chi connectivity index (χ4n) is 1.94. The average molecular weight is 226 g/mol. The molecule has 0 saturated carbocycles. The van der Waals surface area contributed by atoms with Gasteiger partial charge in [-0.1, -0.05) is 6.92 Å². The number of methoxy groups -OCH3 is 1. The van der Waals surface area contributed by atoms with Gasteiger partial charge in [0.25, 0.3) is 0 Å². The van der Waals surface area contributed by atoms with Crippen LogP contribution in [-0.2, 0) is 18.2 Å². The van der Waals surface area contributed by atoms with E-state index in [-0.39, 0.29) is 12.1 Å². The van der Waals surface area contributed by atoms with E-state index in [1.165, 1.54) is 5.69 Å². The first-order chi connectivity index (χ1) is 7.72. The summed E-state index contributed by atoms with van der Waals surface area (Å²) in [4.78, 5) is 0. The SMILES string of the molecule is CCC(OC)C(CCc1ccnn1C)NN. The van der Waals surface area contributed by atoms with Crippen LogP contribution in [0.4, 0.5) is 0 Å². The van der Waals surface area contributed by atoms with E-state index < -0.39 is 0 Å². The molecule has 1 heterocycles. The van der Waals surface area contributed by atoms with Crippen molar-refractivity contribution in [2.75, 3.05) is 7.11 Å². The molecule has 1 aromatic heterocycles. The molecule has 0 aromatic carbocycles. The smallest absolute Gasteiger partial charge is 0.0735 e. The molecule has 0 aliphatic carbocycles. The lowest BCUT2D eigenvalue weighted by atomic mass is 10.0. The number of hydrogen-bond donors (Lipinski definition) is 2. The molecule has 0 aliphatic rings. The fraction of sp³-hybridized carbons (Fsp3) is 0.727. The summed E-state index contributed by atoms with van der Waals surface area (Å²) in [7, 11) is 3.68. The fourth-order valence-corrected chi connectivity index (χ4v) is 1.94. The van der Waals surface area contributed by atoms with Crippen molar-refractivity contribution >= 4 is 0 Å². The predicted molar refractivity (Wildman–Crippen MR) is 63.7 cm³/mol. The summed E-state index contributed by atoms with van der Waals surface area (Å²) >= 11 is 0. The normalized spacial score (nSPS) is 15.0. The minimum Gasteiger partial charge on any atom is -0.380 e. The number of nitrogens with zero attached hydrogens (tertiary/aromatic N) is 2. The summed E-state index contributed by atoms with van der Waals surface area (Å²) < 4.78 is 7.28. The van der Waals surface area contributed by atoms with E-state index >= 15 is 0 Å². The number of aromatic nitrogens is 2. The van der Waals surface area contributed by atoms with Crippen LogP contribution in [0.25, 0.3) is 0 Å². The Morgan fingerprint density at radius 1 is 1.62 bits per heavy atom. The Labute approximate surface area is 96.9 Å². The summed E-state index contributed by atoms with van der Waals surface area (Å²) in [5.74, 6) is 5.55. The first-order valence-corrected chi connectivity index (χ1v) is 5.68. The van der Waals surface area contributed by atoms with Gasteiger partial charge in [0.05, 0.1) is 6.10 Å². The lowest BCUT2D eigenvalue weighted by Crippen LogP contribution is -2.45. The monoisotopic (exact) mass is 226 g/mol. The van der Waals surface area contributed by atoms with Crippen molar-refractivity contribution in [3.8, 4) is 0 Å². The quantitative estimate of drug-likeness (QED) is 0.528. The molecule has 1 aromatic rings. The maximum absolute atomic E-state index is 5.55. The van der Waals surface area contributed by atoms with E-state index in [0.717, 1.165) is 19.3 Å². The van der Waals surface area contributed by atoms with Crippen molar-refractivity contribution in [1.29, 1.82) is 0 Å². The highest BCUT2D eigenvalue weighted by molar-refractivity contribution is 5.00. The minimum atomic E-state index is 0.165. The zero-order valence-electron chi connectivity index (χ0n) is 10.3. The van der Waals surface area contributed by atoms with Crippen molar-refractivity contribution in [2.45, 2.75) is 38.3 Å². The molecule has 16 heavy (non-hydrogen) atoms. The van der Waals surface area contributed by atoms with E-state index in [2.05, 4.69) is 17.4 Å².